The highest BCUT2D eigenvalue weighted by molar-refractivity contribution is 7.89. The van der Waals surface area contributed by atoms with Crippen molar-refractivity contribution in [3.8, 4) is 0 Å². The van der Waals surface area contributed by atoms with Gasteiger partial charge in [-0.1, -0.05) is 20.8 Å². The molecule has 0 aromatic carbocycles. The number of sulfonamides is 1. The Balaban J connectivity index is 2.23. The summed E-state index contributed by atoms with van der Waals surface area (Å²) >= 11 is 0. The van der Waals surface area contributed by atoms with Crippen LogP contribution >= 0.6 is 0 Å². The number of carbonyl (C=O) groups excluding carboxylic acids is 1. The number of H-pyrrole nitrogens is 1. The standard InChI is InChI=1S/C15H26N4O4S/c1-5-12-13(15(20)23-4)14(17-16-12)24(21,22)19-8-6-18(7-9-19)10-11(2)3/h11H,5-10H2,1-4H3,(H,16,17). The predicted molar refractivity (Wildman–Crippen MR) is 89.3 cm³/mol. The van der Waals surface area contributed by atoms with Gasteiger partial charge in [-0.3, -0.25) is 5.10 Å². The normalized spacial score (nSPS) is 17.4. The van der Waals surface area contributed by atoms with E-state index >= 15 is 0 Å². The molecule has 0 saturated carbocycles. The fourth-order valence-corrected chi connectivity index (χ4v) is 4.42. The van der Waals surface area contributed by atoms with E-state index in [-0.39, 0.29) is 10.6 Å². The number of methoxy groups -OCH3 is 1. The van der Waals surface area contributed by atoms with E-state index in [0.717, 1.165) is 6.54 Å². The van der Waals surface area contributed by atoms with Crippen LogP contribution in [0.5, 0.6) is 0 Å². The van der Waals surface area contributed by atoms with E-state index < -0.39 is 16.0 Å². The first kappa shape index (κ1) is 18.9. The van der Waals surface area contributed by atoms with Crippen LogP contribution in [0.4, 0.5) is 0 Å². The van der Waals surface area contributed by atoms with Gasteiger partial charge in [0.1, 0.15) is 5.56 Å². The van der Waals surface area contributed by atoms with E-state index in [2.05, 4.69) is 28.9 Å². The maximum atomic E-state index is 12.9. The Kier molecular flexibility index (Phi) is 6.00. The topological polar surface area (TPSA) is 95.6 Å². The summed E-state index contributed by atoms with van der Waals surface area (Å²) < 4.78 is 31.9. The molecule has 0 bridgehead atoms. The zero-order valence-electron chi connectivity index (χ0n) is 14.7. The molecule has 1 fully saturated rings. The highest BCUT2D eigenvalue weighted by Crippen LogP contribution is 2.23. The Morgan fingerprint density at radius 3 is 2.42 bits per heavy atom. The molecule has 0 amide bonds. The summed E-state index contributed by atoms with van der Waals surface area (Å²) in [6, 6.07) is 0. The second kappa shape index (κ2) is 7.62. The van der Waals surface area contributed by atoms with Crippen LogP contribution in [0.15, 0.2) is 5.03 Å². The number of esters is 1. The Hall–Kier alpha value is -1.45. The summed E-state index contributed by atoms with van der Waals surface area (Å²) in [5.74, 6) is -0.143. The summed E-state index contributed by atoms with van der Waals surface area (Å²) in [7, 11) is -2.59. The molecule has 0 atom stereocenters. The van der Waals surface area contributed by atoms with Crippen LogP contribution in [0, 0.1) is 5.92 Å². The minimum atomic E-state index is -3.83. The van der Waals surface area contributed by atoms with Gasteiger partial charge in [0, 0.05) is 32.7 Å². The monoisotopic (exact) mass is 358 g/mol. The molecule has 1 aromatic rings. The summed E-state index contributed by atoms with van der Waals surface area (Å²) in [4.78, 5) is 14.3. The number of hydrogen-bond donors (Lipinski definition) is 1. The number of carbonyl (C=O) groups is 1. The van der Waals surface area contributed by atoms with Crippen molar-refractivity contribution in [3.63, 3.8) is 0 Å². The van der Waals surface area contributed by atoms with Gasteiger partial charge >= 0.3 is 5.97 Å². The Morgan fingerprint density at radius 1 is 1.29 bits per heavy atom. The van der Waals surface area contributed by atoms with Gasteiger partial charge in [0.2, 0.25) is 5.03 Å². The highest BCUT2D eigenvalue weighted by Gasteiger charge is 2.35. The van der Waals surface area contributed by atoms with Crippen molar-refractivity contribution in [2.75, 3.05) is 39.8 Å². The average molecular weight is 358 g/mol. The molecule has 1 saturated heterocycles. The quantitative estimate of drug-likeness (QED) is 0.753. The lowest BCUT2D eigenvalue weighted by molar-refractivity contribution is 0.0594. The lowest BCUT2D eigenvalue weighted by Gasteiger charge is -2.34. The third-order valence-electron chi connectivity index (χ3n) is 4.09. The van der Waals surface area contributed by atoms with Crippen molar-refractivity contribution in [3.05, 3.63) is 11.3 Å². The molecule has 1 aliphatic heterocycles. The van der Waals surface area contributed by atoms with Crippen LogP contribution in [0.3, 0.4) is 0 Å². The molecule has 24 heavy (non-hydrogen) atoms. The first-order valence-corrected chi connectivity index (χ1v) is 9.63. The number of piperazine rings is 1. The first-order valence-electron chi connectivity index (χ1n) is 8.19. The number of aromatic amines is 1. The second-order valence-corrected chi connectivity index (χ2v) is 8.18. The molecule has 1 aromatic heterocycles. The van der Waals surface area contributed by atoms with Crippen molar-refractivity contribution < 1.29 is 17.9 Å². The molecule has 1 N–H and O–H groups in total. The smallest absolute Gasteiger partial charge is 0.342 e. The summed E-state index contributed by atoms with van der Waals surface area (Å²) in [5, 5.41) is 6.32. The number of nitrogens with one attached hydrogen (secondary N) is 1. The van der Waals surface area contributed by atoms with Crippen LogP contribution in [-0.4, -0.2) is 73.6 Å². The number of ether oxygens (including phenoxy) is 1. The molecule has 9 heteroatoms. The largest absolute Gasteiger partial charge is 0.465 e. The minimum absolute atomic E-state index is 0.0182. The van der Waals surface area contributed by atoms with Gasteiger partial charge in [0.15, 0.2) is 0 Å². The fraction of sp³-hybridized carbons (Fsp3) is 0.733. The predicted octanol–water partition coefficient (Wildman–Crippen LogP) is 0.721. The number of rotatable bonds is 6. The second-order valence-electron chi connectivity index (χ2n) is 6.33. The molecular formula is C15H26N4O4S. The van der Waals surface area contributed by atoms with Crippen LogP contribution < -0.4 is 0 Å². The maximum absolute atomic E-state index is 12.9. The van der Waals surface area contributed by atoms with E-state index in [1.165, 1.54) is 11.4 Å². The molecule has 0 radical (unpaired) electrons. The van der Waals surface area contributed by atoms with Gasteiger partial charge in [-0.25, -0.2) is 13.2 Å². The SMILES string of the molecule is CCc1[nH]nc(S(=O)(=O)N2CCN(CC(C)C)CC2)c1C(=O)OC. The molecule has 136 valence electrons. The molecular weight excluding hydrogens is 332 g/mol. The molecule has 2 heterocycles. The molecule has 2 rings (SSSR count). The number of aryl methyl sites for hydroxylation is 1. The Labute approximate surface area is 143 Å². The van der Waals surface area contributed by atoms with Crippen molar-refractivity contribution in [2.24, 2.45) is 5.92 Å². The molecule has 8 nitrogen and oxygen atoms in total. The number of nitrogens with zero attached hydrogens (tertiary/aromatic N) is 3. The lowest BCUT2D eigenvalue weighted by atomic mass is 10.2. The van der Waals surface area contributed by atoms with E-state index in [1.807, 2.05) is 6.92 Å². The van der Waals surface area contributed by atoms with Crippen molar-refractivity contribution in [1.82, 2.24) is 19.4 Å². The summed E-state index contributed by atoms with van der Waals surface area (Å²) in [6.07, 6.45) is 0.467. The van der Waals surface area contributed by atoms with Crippen LogP contribution in [0.25, 0.3) is 0 Å². The van der Waals surface area contributed by atoms with Crippen molar-refractivity contribution in [1.29, 1.82) is 0 Å². The average Bonchev–Trinajstić information content (AvgIpc) is 2.98. The van der Waals surface area contributed by atoms with Crippen LogP contribution in [0.2, 0.25) is 0 Å². The zero-order chi connectivity index (χ0) is 17.9. The third kappa shape index (κ3) is 3.79. The summed E-state index contributed by atoms with van der Waals surface area (Å²) in [5.41, 5.74) is 0.489. The lowest BCUT2D eigenvalue weighted by Crippen LogP contribution is -2.49. The van der Waals surface area contributed by atoms with Crippen molar-refractivity contribution in [2.45, 2.75) is 32.2 Å². The van der Waals surface area contributed by atoms with E-state index in [4.69, 9.17) is 4.74 Å². The number of aromatic nitrogens is 2. The zero-order valence-corrected chi connectivity index (χ0v) is 15.5. The molecule has 0 unspecified atom stereocenters. The van der Waals surface area contributed by atoms with E-state index in [1.54, 1.807) is 0 Å². The molecule has 1 aliphatic rings. The Morgan fingerprint density at radius 2 is 1.92 bits per heavy atom. The van der Waals surface area contributed by atoms with Gasteiger partial charge in [-0.05, 0) is 12.3 Å². The third-order valence-corrected chi connectivity index (χ3v) is 5.92. The van der Waals surface area contributed by atoms with Gasteiger partial charge in [-0.15, -0.1) is 0 Å². The highest BCUT2D eigenvalue weighted by atomic mass is 32.2. The maximum Gasteiger partial charge on any atom is 0.342 e. The van der Waals surface area contributed by atoms with Gasteiger partial charge in [0.25, 0.3) is 10.0 Å². The Bertz CT molecular complexity index is 676. The van der Waals surface area contributed by atoms with Gasteiger partial charge < -0.3 is 9.64 Å². The number of hydrogen-bond acceptors (Lipinski definition) is 6. The van der Waals surface area contributed by atoms with E-state index in [0.29, 0.717) is 44.2 Å². The molecule has 0 spiro atoms. The van der Waals surface area contributed by atoms with E-state index in [9.17, 15) is 13.2 Å². The fourth-order valence-electron chi connectivity index (χ4n) is 2.91. The van der Waals surface area contributed by atoms with Gasteiger partial charge in [0.05, 0.1) is 12.8 Å². The van der Waals surface area contributed by atoms with Crippen LogP contribution in [-0.2, 0) is 21.2 Å². The minimum Gasteiger partial charge on any atom is -0.465 e. The van der Waals surface area contributed by atoms with Crippen molar-refractivity contribution >= 4 is 16.0 Å². The van der Waals surface area contributed by atoms with Gasteiger partial charge in [-0.2, -0.15) is 9.40 Å². The van der Waals surface area contributed by atoms with Crippen LogP contribution in [0.1, 0.15) is 36.8 Å². The molecule has 0 aliphatic carbocycles. The first-order chi connectivity index (χ1) is 11.3. The summed E-state index contributed by atoms with van der Waals surface area (Å²) in [6.45, 7) is 9.19.